The van der Waals surface area contributed by atoms with Crippen molar-refractivity contribution < 1.29 is 25.8 Å². The molecule has 0 heterocycles. The van der Waals surface area contributed by atoms with E-state index in [1.807, 2.05) is 30.3 Å². The standard InChI is InChI=1S/C10H17Si2.C5H5.2CO.Ru/c1-11(2)12(3,4)10-8-6-5-7-9-10;1-2-4-5-3-1;2*1-2;/h5-9H,1-4H3;1-5H;;;/q;-1;;;. The van der Waals surface area contributed by atoms with E-state index in [4.69, 9.17) is 9.59 Å². The van der Waals surface area contributed by atoms with Gasteiger partial charge in [0.1, 0.15) is 0 Å². The van der Waals surface area contributed by atoms with Gasteiger partial charge in [0.15, 0.2) is 0 Å². The molecule has 0 aliphatic carbocycles. The fourth-order valence-corrected chi connectivity index (χ4v) is 5.39. The first-order chi connectivity index (χ1) is 10.5. The van der Waals surface area contributed by atoms with Crippen molar-refractivity contribution in [1.82, 2.24) is 0 Å². The van der Waals surface area contributed by atoms with Crippen LogP contribution in [0.5, 0.6) is 0 Å². The Labute approximate surface area is 142 Å². The van der Waals surface area contributed by atoms with E-state index >= 15 is 0 Å². The average Bonchev–Trinajstić information content (AvgIpc) is 3.09. The average molecular weight is 416 g/mol. The van der Waals surface area contributed by atoms with Crippen molar-refractivity contribution in [3.05, 3.63) is 60.7 Å². The van der Waals surface area contributed by atoms with Crippen LogP contribution < -0.4 is 5.19 Å². The van der Waals surface area contributed by atoms with E-state index in [-0.39, 0.29) is 8.31 Å². The Morgan fingerprint density at radius 2 is 1.45 bits per heavy atom. The van der Waals surface area contributed by atoms with Crippen molar-refractivity contribution in [2.24, 2.45) is 0 Å². The first-order valence-corrected chi connectivity index (χ1v) is 15.1. The summed E-state index contributed by atoms with van der Waals surface area (Å²) in [4.78, 5) is 18.1. The van der Waals surface area contributed by atoms with Crippen molar-refractivity contribution >= 4 is 30.0 Å². The first kappa shape index (κ1) is 20.8. The second-order valence-electron chi connectivity index (χ2n) is 5.19. The molecule has 0 saturated heterocycles. The van der Waals surface area contributed by atoms with Gasteiger partial charge in [-0.3, -0.25) is 0 Å². The topological polar surface area (TPSA) is 34.1 Å². The van der Waals surface area contributed by atoms with Crippen molar-refractivity contribution in [1.29, 1.82) is 0 Å². The molecule has 5 heteroatoms. The van der Waals surface area contributed by atoms with E-state index in [9.17, 15) is 0 Å². The molecule has 0 unspecified atom stereocenters. The van der Waals surface area contributed by atoms with Crippen molar-refractivity contribution in [2.45, 2.75) is 26.2 Å². The van der Waals surface area contributed by atoms with E-state index in [0.29, 0.717) is 0 Å². The Bertz CT molecular complexity index is 576. The SMILES string of the molecule is C[Si](C)[Si](C)(C)c1ccccc1.O=[C]=[Ru]=[C]=O.c1cc[cH-]c1. The fourth-order valence-electron chi connectivity index (χ4n) is 1.48. The van der Waals surface area contributed by atoms with Crippen LogP contribution in [-0.2, 0) is 25.8 Å². The van der Waals surface area contributed by atoms with Crippen LogP contribution >= 0.6 is 0 Å². The minimum atomic E-state index is -1.05. The van der Waals surface area contributed by atoms with Crippen LogP contribution in [0.15, 0.2) is 60.7 Å². The molecule has 0 spiro atoms. The normalized spacial score (nSPS) is 9.50. The zero-order valence-corrected chi connectivity index (χ0v) is 17.2. The van der Waals surface area contributed by atoms with Gasteiger partial charge in [0.05, 0.1) is 7.59 Å². The predicted octanol–water partition coefficient (Wildman–Crippen LogP) is 3.04. The smallest absolute Gasteiger partial charge is 0.172 e. The second kappa shape index (κ2) is 12.3. The van der Waals surface area contributed by atoms with Gasteiger partial charge in [0, 0.05) is 8.31 Å². The second-order valence-corrected chi connectivity index (χ2v) is 18.9. The maximum atomic E-state index is 9.06. The third kappa shape index (κ3) is 8.94. The molecule has 0 aliphatic heterocycles. The van der Waals surface area contributed by atoms with Crippen molar-refractivity contribution in [3.63, 3.8) is 0 Å². The summed E-state index contributed by atoms with van der Waals surface area (Å²) in [5, 5.41) is 1.61. The summed E-state index contributed by atoms with van der Waals surface area (Å²) in [6, 6.07) is 21.0. The summed E-state index contributed by atoms with van der Waals surface area (Å²) in [5.74, 6) is 0. The van der Waals surface area contributed by atoms with Crippen LogP contribution in [0.25, 0.3) is 0 Å². The fraction of sp³-hybridized carbons (Fsp3) is 0.235. The van der Waals surface area contributed by atoms with Crippen LogP contribution in [-0.4, -0.2) is 24.9 Å². The maximum Gasteiger partial charge on any atom is -0.172 e. The monoisotopic (exact) mass is 416 g/mol. The van der Waals surface area contributed by atoms with Crippen molar-refractivity contribution in [2.75, 3.05) is 0 Å². The third-order valence-corrected chi connectivity index (χ3v) is 16.4. The largest absolute Gasteiger partial charge is 0.214 e. The molecule has 0 saturated carbocycles. The van der Waals surface area contributed by atoms with Gasteiger partial charge in [-0.2, -0.15) is 18.2 Å². The number of hydrogen-bond donors (Lipinski definition) is 0. The van der Waals surface area contributed by atoms with Crippen LogP contribution in [0, 0.1) is 0 Å². The van der Waals surface area contributed by atoms with Gasteiger partial charge < -0.3 is 0 Å². The van der Waals surface area contributed by atoms with Crippen LogP contribution in [0.3, 0.4) is 0 Å². The van der Waals surface area contributed by atoms with E-state index in [1.54, 1.807) is 5.19 Å². The van der Waals surface area contributed by atoms with Crippen LogP contribution in [0.1, 0.15) is 0 Å². The number of benzene rings is 1. The van der Waals surface area contributed by atoms with Crippen LogP contribution in [0.2, 0.25) is 26.2 Å². The molecule has 119 valence electrons. The predicted molar refractivity (Wildman–Crippen MR) is 94.5 cm³/mol. The molecule has 0 aliphatic rings. The Morgan fingerprint density at radius 1 is 0.955 bits per heavy atom. The minimum absolute atomic E-state index is 0.124. The van der Waals surface area contributed by atoms with E-state index in [1.165, 1.54) is 8.95 Å². The molecule has 2 nitrogen and oxygen atoms in total. The molecule has 2 rings (SSSR count). The summed E-state index contributed by atoms with van der Waals surface area (Å²) in [5.41, 5.74) is 0. The van der Waals surface area contributed by atoms with Crippen LogP contribution in [0.4, 0.5) is 0 Å². The van der Waals surface area contributed by atoms with E-state index in [2.05, 4.69) is 56.5 Å². The minimum Gasteiger partial charge on any atom is -0.214 e. The van der Waals surface area contributed by atoms with Gasteiger partial charge in [0.2, 0.25) is 0 Å². The quantitative estimate of drug-likeness (QED) is 0.558. The van der Waals surface area contributed by atoms with Gasteiger partial charge >= 0.3 is 34.8 Å². The molecule has 22 heavy (non-hydrogen) atoms. The number of rotatable bonds is 2. The first-order valence-electron chi connectivity index (χ1n) is 6.84. The molecule has 1 radical (unpaired) electrons. The third-order valence-electron chi connectivity index (χ3n) is 3.37. The molecule has 0 N–H and O–H groups in total. The number of hydrogen-bond acceptors (Lipinski definition) is 2. The summed E-state index contributed by atoms with van der Waals surface area (Å²) in [7, 11) is -1.18. The van der Waals surface area contributed by atoms with Gasteiger partial charge in [-0.05, 0) is 0 Å². The van der Waals surface area contributed by atoms with Gasteiger partial charge in [-0.25, -0.2) is 12.1 Å². The number of carbonyl (C=O) groups excluding carboxylic acids is 2. The molecule has 2 aromatic carbocycles. The molecule has 0 fully saturated rings. The van der Waals surface area contributed by atoms with E-state index < -0.39 is 23.8 Å². The summed E-state index contributed by atoms with van der Waals surface area (Å²) >= 11 is -0.842. The zero-order chi connectivity index (χ0) is 16.8. The Hall–Kier alpha value is -1.21. The van der Waals surface area contributed by atoms with Crippen molar-refractivity contribution in [3.8, 4) is 0 Å². The molecule has 0 amide bonds. The van der Waals surface area contributed by atoms with E-state index in [0.717, 1.165) is 0 Å². The molecule has 0 atom stereocenters. The Balaban J connectivity index is 0.000000363. The zero-order valence-electron chi connectivity index (χ0n) is 13.4. The molecule has 0 bridgehead atoms. The summed E-state index contributed by atoms with van der Waals surface area (Å²) in [6.45, 7) is 9.83. The Kier molecular flexibility index (Phi) is 11.7. The summed E-state index contributed by atoms with van der Waals surface area (Å²) < 4.78 is 2.87. The molecular weight excluding hydrogens is 393 g/mol. The molecule has 2 aromatic rings. The Morgan fingerprint density at radius 3 is 1.73 bits per heavy atom. The maximum absolute atomic E-state index is 9.06. The van der Waals surface area contributed by atoms with Gasteiger partial charge in [-0.15, -0.1) is 0 Å². The molecule has 0 aromatic heterocycles. The van der Waals surface area contributed by atoms with Gasteiger partial charge in [-0.1, -0.05) is 61.7 Å². The summed E-state index contributed by atoms with van der Waals surface area (Å²) in [6.07, 6.45) is 0. The molecular formula is C17H22O2RuSi2-. The van der Waals surface area contributed by atoms with Gasteiger partial charge in [0.25, 0.3) is 0 Å².